The maximum atomic E-state index is 14.1. The number of nitrogens with one attached hydrogen (secondary N) is 1. The van der Waals surface area contributed by atoms with Gasteiger partial charge in [-0.2, -0.15) is 0 Å². The van der Waals surface area contributed by atoms with Gasteiger partial charge in [0.2, 0.25) is 0 Å². The number of fused-ring (bicyclic) bond motifs is 5. The van der Waals surface area contributed by atoms with Gasteiger partial charge in [-0.3, -0.25) is 0 Å². The zero-order valence-corrected chi connectivity index (χ0v) is 22.6. The first kappa shape index (κ1) is 23.8. The van der Waals surface area contributed by atoms with Crippen molar-refractivity contribution >= 4 is 23.1 Å². The molecule has 2 amide bonds. The van der Waals surface area contributed by atoms with Crippen molar-refractivity contribution in [3.8, 4) is 10.8 Å². The number of carbonyl (C=O) groups excluding carboxylic acids is 1. The van der Waals surface area contributed by atoms with Crippen LogP contribution in [-0.2, 0) is 19.5 Å². The van der Waals surface area contributed by atoms with Crippen LogP contribution in [0.2, 0.25) is 0 Å². The fourth-order valence-electron chi connectivity index (χ4n) is 5.50. The van der Waals surface area contributed by atoms with Crippen LogP contribution in [0.15, 0.2) is 60.8 Å². The molecule has 1 atom stereocenters. The van der Waals surface area contributed by atoms with Gasteiger partial charge in [-0.15, -0.1) is 11.3 Å². The first-order chi connectivity index (χ1) is 17.9. The Hall–Kier alpha value is -3.55. The highest BCUT2D eigenvalue weighted by Crippen LogP contribution is 2.43. The van der Waals surface area contributed by atoms with Crippen molar-refractivity contribution in [3.05, 3.63) is 99.2 Å². The number of hydrogen-bond acceptors (Lipinski definition) is 4. The first-order valence-electron chi connectivity index (χ1n) is 12.7. The quantitative estimate of drug-likeness (QED) is 0.351. The number of carbonyl (C=O) groups is 1. The van der Waals surface area contributed by atoms with E-state index in [1.165, 1.54) is 26.6 Å². The molecule has 0 saturated carbocycles. The second-order valence-corrected chi connectivity index (χ2v) is 11.2. The third kappa shape index (κ3) is 4.22. The molecule has 2 aliphatic rings. The molecule has 0 radical (unpaired) electrons. The number of methoxy groups -OCH3 is 1. The van der Waals surface area contributed by atoms with E-state index in [0.29, 0.717) is 6.54 Å². The number of aryl methyl sites for hydroxylation is 2. The topological polar surface area (TPSA) is 49.7 Å². The van der Waals surface area contributed by atoms with Crippen LogP contribution >= 0.6 is 11.3 Å². The van der Waals surface area contributed by atoms with Gasteiger partial charge in [-0.25, -0.2) is 4.79 Å². The van der Waals surface area contributed by atoms with Crippen LogP contribution in [0.3, 0.4) is 0 Å². The molecule has 4 aromatic rings. The summed E-state index contributed by atoms with van der Waals surface area (Å²) >= 11 is 1.87. The molecule has 0 aliphatic carbocycles. The normalized spacial score (nSPS) is 17.0. The lowest BCUT2D eigenvalue weighted by Gasteiger charge is -2.32. The molecule has 2 aromatic carbocycles. The Bertz CT molecular complexity index is 1470. The predicted octanol–water partition coefficient (Wildman–Crippen LogP) is 6.29. The van der Waals surface area contributed by atoms with Gasteiger partial charge in [0.25, 0.3) is 0 Å². The van der Waals surface area contributed by atoms with Crippen LogP contribution in [0, 0.1) is 13.8 Å². The predicted molar refractivity (Wildman–Crippen MR) is 149 cm³/mol. The Kier molecular flexibility index (Phi) is 6.05. The minimum Gasteiger partial charge on any atom is -0.497 e. The van der Waals surface area contributed by atoms with Crippen LogP contribution in [0.1, 0.15) is 44.4 Å². The fraction of sp³-hybridized carbons (Fsp3) is 0.300. The molecule has 190 valence electrons. The van der Waals surface area contributed by atoms with Crippen molar-refractivity contribution < 1.29 is 9.53 Å². The third-order valence-electron chi connectivity index (χ3n) is 7.71. The molecule has 0 bridgehead atoms. The number of ether oxygens (including phenoxy) is 1. The summed E-state index contributed by atoms with van der Waals surface area (Å²) in [6, 6.07) is 18.1. The van der Waals surface area contributed by atoms with Gasteiger partial charge in [0, 0.05) is 35.4 Å². The van der Waals surface area contributed by atoms with E-state index in [1.807, 2.05) is 40.5 Å². The highest BCUT2D eigenvalue weighted by molar-refractivity contribution is 7.15. The SMILES string of the molecule is COc1ccc([C@H]2c3cccn3-c3sc4c(c3CN2C(=O)Nc2ccc(C)c(C)c2)CCN(C)C4)cc1. The molecule has 4 heterocycles. The highest BCUT2D eigenvalue weighted by atomic mass is 32.1. The van der Waals surface area contributed by atoms with E-state index in [0.717, 1.165) is 47.8 Å². The van der Waals surface area contributed by atoms with Gasteiger partial charge in [0.1, 0.15) is 10.8 Å². The lowest BCUT2D eigenvalue weighted by Crippen LogP contribution is -2.38. The average Bonchev–Trinajstić information content (AvgIpc) is 3.47. The molecule has 0 spiro atoms. The summed E-state index contributed by atoms with van der Waals surface area (Å²) in [7, 11) is 3.85. The number of thiophene rings is 1. The molecular formula is C30H32N4O2S. The van der Waals surface area contributed by atoms with Crippen LogP contribution in [-0.4, -0.2) is 41.1 Å². The van der Waals surface area contributed by atoms with Gasteiger partial charge in [0.05, 0.1) is 25.4 Å². The molecule has 0 saturated heterocycles. The lowest BCUT2D eigenvalue weighted by atomic mass is 10.00. The number of rotatable bonds is 3. The van der Waals surface area contributed by atoms with Crippen molar-refractivity contribution in [3.63, 3.8) is 0 Å². The zero-order valence-electron chi connectivity index (χ0n) is 21.7. The van der Waals surface area contributed by atoms with Crippen molar-refractivity contribution in [2.24, 2.45) is 0 Å². The van der Waals surface area contributed by atoms with Gasteiger partial charge in [0.15, 0.2) is 0 Å². The van der Waals surface area contributed by atoms with Gasteiger partial charge < -0.3 is 24.4 Å². The number of amides is 2. The maximum absolute atomic E-state index is 14.1. The fourth-order valence-corrected chi connectivity index (χ4v) is 6.95. The van der Waals surface area contributed by atoms with Crippen molar-refractivity contribution in [1.82, 2.24) is 14.4 Å². The number of benzene rings is 2. The number of likely N-dealkylation sites (N-methyl/N-ethyl adjacent to an activating group) is 1. The highest BCUT2D eigenvalue weighted by Gasteiger charge is 2.36. The van der Waals surface area contributed by atoms with Crippen LogP contribution < -0.4 is 10.1 Å². The van der Waals surface area contributed by atoms with Gasteiger partial charge in [-0.05, 0) is 86.0 Å². The standard InChI is InChI=1S/C30H32N4O2S/c1-19-7-10-22(16-20(19)2)31-30(35)34-17-25-24-13-15-32(3)18-27(24)37-29(25)33-14-5-6-26(33)28(34)21-8-11-23(36-4)12-9-21/h5-12,14,16,28H,13,15,17-18H2,1-4H3,(H,31,35)/t28-/m0/s1. The summed E-state index contributed by atoms with van der Waals surface area (Å²) in [5.74, 6) is 0.802. The average molecular weight is 513 g/mol. The van der Waals surface area contributed by atoms with Crippen molar-refractivity contribution in [1.29, 1.82) is 0 Å². The van der Waals surface area contributed by atoms with Gasteiger partial charge in [-0.1, -0.05) is 18.2 Å². The van der Waals surface area contributed by atoms with Crippen LogP contribution in [0.25, 0.3) is 5.00 Å². The molecule has 2 aromatic heterocycles. The number of aromatic nitrogens is 1. The summed E-state index contributed by atoms with van der Waals surface area (Å²) in [6.07, 6.45) is 3.15. The molecule has 1 N–H and O–H groups in total. The molecule has 6 rings (SSSR count). The monoisotopic (exact) mass is 512 g/mol. The second-order valence-electron chi connectivity index (χ2n) is 10.1. The maximum Gasteiger partial charge on any atom is 0.322 e. The smallest absolute Gasteiger partial charge is 0.322 e. The first-order valence-corrected chi connectivity index (χ1v) is 13.5. The largest absolute Gasteiger partial charge is 0.497 e. The van der Waals surface area contributed by atoms with Crippen molar-refractivity contribution in [2.45, 2.75) is 39.4 Å². The molecule has 2 aliphatic heterocycles. The summed E-state index contributed by atoms with van der Waals surface area (Å²) in [6.45, 7) is 6.71. The van der Waals surface area contributed by atoms with Crippen LogP contribution in [0.5, 0.6) is 5.75 Å². The van der Waals surface area contributed by atoms with E-state index in [-0.39, 0.29) is 12.1 Å². The summed E-state index contributed by atoms with van der Waals surface area (Å²) in [4.78, 5) is 19.9. The van der Waals surface area contributed by atoms with E-state index in [9.17, 15) is 4.79 Å². The Balaban J connectivity index is 1.48. The van der Waals surface area contributed by atoms with Crippen molar-refractivity contribution in [2.75, 3.05) is 26.0 Å². The molecule has 0 fully saturated rings. The van der Waals surface area contributed by atoms with E-state index < -0.39 is 0 Å². The molecule has 37 heavy (non-hydrogen) atoms. The second kappa shape index (κ2) is 9.39. The van der Waals surface area contributed by atoms with Gasteiger partial charge >= 0.3 is 6.03 Å². The Morgan fingerprint density at radius 2 is 1.84 bits per heavy atom. The van der Waals surface area contributed by atoms with Crippen LogP contribution in [0.4, 0.5) is 10.5 Å². The van der Waals surface area contributed by atoms with E-state index in [1.54, 1.807) is 7.11 Å². The zero-order chi connectivity index (χ0) is 25.7. The van der Waals surface area contributed by atoms with E-state index in [4.69, 9.17) is 4.74 Å². The third-order valence-corrected chi connectivity index (χ3v) is 8.96. The number of nitrogens with zero attached hydrogens (tertiary/aromatic N) is 3. The Morgan fingerprint density at radius 1 is 1.03 bits per heavy atom. The Labute approximate surface area is 222 Å². The minimum absolute atomic E-state index is 0.0995. The number of hydrogen-bond donors (Lipinski definition) is 1. The molecular weight excluding hydrogens is 480 g/mol. The molecule has 7 heteroatoms. The summed E-state index contributed by atoms with van der Waals surface area (Å²) in [5.41, 5.74) is 8.02. The minimum atomic E-state index is -0.242. The molecule has 6 nitrogen and oxygen atoms in total. The lowest BCUT2D eigenvalue weighted by molar-refractivity contribution is 0.194. The van der Waals surface area contributed by atoms with E-state index in [2.05, 4.69) is 72.2 Å². The number of anilines is 1. The number of urea groups is 1. The Morgan fingerprint density at radius 3 is 2.59 bits per heavy atom. The summed E-state index contributed by atoms with van der Waals surface area (Å²) < 4.78 is 7.72. The molecule has 0 unspecified atom stereocenters. The summed E-state index contributed by atoms with van der Waals surface area (Å²) in [5, 5.41) is 4.45. The van der Waals surface area contributed by atoms with E-state index >= 15 is 0 Å².